The molecule has 0 saturated heterocycles. The Hall–Kier alpha value is -3.06. The second kappa shape index (κ2) is 8.62. The maximum Gasteiger partial charge on any atom is 0.257 e. The number of halogens is 1. The monoisotopic (exact) mass is 475 g/mol. The van der Waals surface area contributed by atoms with Crippen molar-refractivity contribution in [3.8, 4) is 0 Å². The van der Waals surface area contributed by atoms with Gasteiger partial charge in [-0.15, -0.1) is 0 Å². The van der Waals surface area contributed by atoms with E-state index in [9.17, 15) is 14.0 Å². The summed E-state index contributed by atoms with van der Waals surface area (Å²) in [6.45, 7) is 6.14. The topological polar surface area (TPSA) is 75.2 Å². The fourth-order valence-corrected chi connectivity index (χ4v) is 5.93. The standard InChI is InChI=1S/C27H26FN3O2S/c1-15-7-6-9-16(11-15)21-22-19(12-27(2,3)13-20(22)32)29-24-23(21)25(33)31-26(30-24)34-14-17-8-4-5-10-18(17)28/h4-11,21-22H,12-14H2,1-3H3,(H,30,31,33). The number of carbonyl (C=O) groups excluding carboxylic acids is 1. The fourth-order valence-electron chi connectivity index (χ4n) is 5.09. The van der Waals surface area contributed by atoms with Crippen LogP contribution in [0.3, 0.4) is 0 Å². The Labute approximate surface area is 201 Å². The lowest BCUT2D eigenvalue weighted by molar-refractivity contribution is -0.124. The lowest BCUT2D eigenvalue weighted by Gasteiger charge is -2.40. The quantitative estimate of drug-likeness (QED) is 0.386. The molecule has 1 N–H and O–H groups in total. The Bertz CT molecular complexity index is 1380. The minimum atomic E-state index is -0.456. The third-order valence-electron chi connectivity index (χ3n) is 6.55. The number of carbonyl (C=O) groups is 1. The van der Waals surface area contributed by atoms with E-state index in [1.807, 2.05) is 31.2 Å². The number of aromatic nitrogens is 2. The van der Waals surface area contributed by atoms with Crippen LogP contribution in [0.25, 0.3) is 0 Å². The molecule has 0 bridgehead atoms. The molecule has 1 saturated carbocycles. The highest BCUT2D eigenvalue weighted by atomic mass is 32.2. The molecule has 0 amide bonds. The number of nitrogens with zero attached hydrogens (tertiary/aromatic N) is 2. The molecule has 2 unspecified atom stereocenters. The summed E-state index contributed by atoms with van der Waals surface area (Å²) in [5, 5.41) is 0.388. The summed E-state index contributed by atoms with van der Waals surface area (Å²) in [6, 6.07) is 14.5. The normalized spacial score (nSPS) is 20.9. The molecule has 1 aromatic heterocycles. The van der Waals surface area contributed by atoms with Crippen molar-refractivity contribution in [2.45, 2.75) is 50.4 Å². The van der Waals surface area contributed by atoms with Crippen molar-refractivity contribution in [1.29, 1.82) is 0 Å². The zero-order valence-electron chi connectivity index (χ0n) is 19.4. The number of Topliss-reactive ketones (excluding diaryl/α,β-unsaturated/α-hetero) is 1. The van der Waals surface area contributed by atoms with E-state index in [1.165, 1.54) is 17.8 Å². The molecule has 0 spiro atoms. The highest BCUT2D eigenvalue weighted by Gasteiger charge is 2.47. The first-order valence-electron chi connectivity index (χ1n) is 11.4. The number of ketones is 1. The number of thioether (sulfide) groups is 1. The van der Waals surface area contributed by atoms with Gasteiger partial charge in [-0.3, -0.25) is 9.59 Å². The number of hydrogen-bond acceptors (Lipinski definition) is 5. The van der Waals surface area contributed by atoms with Gasteiger partial charge >= 0.3 is 0 Å². The third-order valence-corrected chi connectivity index (χ3v) is 7.47. The number of aliphatic imine (C=N–C) groups is 1. The minimum Gasteiger partial charge on any atom is -0.301 e. The summed E-state index contributed by atoms with van der Waals surface area (Å²) in [7, 11) is 0. The number of fused-ring (bicyclic) bond motifs is 2. The average Bonchev–Trinajstić information content (AvgIpc) is 2.76. The van der Waals surface area contributed by atoms with Crippen LogP contribution in [0.2, 0.25) is 0 Å². The molecule has 5 rings (SSSR count). The Kier molecular flexibility index (Phi) is 5.76. The first-order valence-corrected chi connectivity index (χ1v) is 12.4. The second-order valence-corrected chi connectivity index (χ2v) is 10.9. The molecular weight excluding hydrogens is 449 g/mol. The van der Waals surface area contributed by atoms with Gasteiger partial charge in [0.25, 0.3) is 5.56 Å². The Morgan fingerprint density at radius 1 is 1.09 bits per heavy atom. The van der Waals surface area contributed by atoms with Crippen molar-refractivity contribution >= 4 is 29.1 Å². The second-order valence-electron chi connectivity index (χ2n) is 9.95. The van der Waals surface area contributed by atoms with Crippen molar-refractivity contribution < 1.29 is 9.18 Å². The molecule has 174 valence electrons. The van der Waals surface area contributed by atoms with Crippen molar-refractivity contribution in [3.63, 3.8) is 0 Å². The van der Waals surface area contributed by atoms with Crippen LogP contribution in [-0.4, -0.2) is 21.5 Å². The van der Waals surface area contributed by atoms with Gasteiger partial charge in [-0.25, -0.2) is 14.4 Å². The lowest BCUT2D eigenvalue weighted by Crippen LogP contribution is -2.44. The smallest absolute Gasteiger partial charge is 0.257 e. The Morgan fingerprint density at radius 3 is 2.65 bits per heavy atom. The van der Waals surface area contributed by atoms with Gasteiger partial charge in [-0.2, -0.15) is 0 Å². The van der Waals surface area contributed by atoms with Crippen molar-refractivity contribution in [1.82, 2.24) is 9.97 Å². The molecule has 2 aromatic carbocycles. The highest BCUT2D eigenvalue weighted by molar-refractivity contribution is 7.98. The summed E-state index contributed by atoms with van der Waals surface area (Å²) < 4.78 is 14.1. The van der Waals surface area contributed by atoms with Crippen LogP contribution >= 0.6 is 11.8 Å². The van der Waals surface area contributed by atoms with E-state index in [0.29, 0.717) is 40.7 Å². The van der Waals surface area contributed by atoms with E-state index >= 15 is 0 Å². The van der Waals surface area contributed by atoms with Crippen molar-refractivity contribution in [2.75, 3.05) is 0 Å². The number of rotatable bonds is 4. The maximum atomic E-state index is 14.1. The van der Waals surface area contributed by atoms with Crippen LogP contribution in [0.15, 0.2) is 63.5 Å². The summed E-state index contributed by atoms with van der Waals surface area (Å²) in [5.41, 5.74) is 3.26. The molecular formula is C27H26FN3O2S. The summed E-state index contributed by atoms with van der Waals surface area (Å²) in [5.74, 6) is -0.357. The van der Waals surface area contributed by atoms with E-state index in [1.54, 1.807) is 18.2 Å². The molecule has 7 heteroatoms. The van der Waals surface area contributed by atoms with E-state index in [0.717, 1.165) is 16.8 Å². The predicted molar refractivity (Wildman–Crippen MR) is 132 cm³/mol. The molecule has 2 aliphatic rings. The Morgan fingerprint density at radius 2 is 1.88 bits per heavy atom. The molecule has 0 radical (unpaired) electrons. The van der Waals surface area contributed by atoms with Gasteiger partial charge in [-0.05, 0) is 36.0 Å². The minimum absolute atomic E-state index is 0.115. The number of aromatic amines is 1. The van der Waals surface area contributed by atoms with Crippen LogP contribution in [0, 0.1) is 24.1 Å². The molecule has 2 atom stereocenters. The first-order chi connectivity index (χ1) is 16.2. The number of nitrogens with one attached hydrogen (secondary N) is 1. The number of aryl methyl sites for hydroxylation is 1. The highest BCUT2D eigenvalue weighted by Crippen LogP contribution is 2.47. The van der Waals surface area contributed by atoms with Gasteiger partial charge in [0.1, 0.15) is 11.6 Å². The molecule has 1 aliphatic carbocycles. The van der Waals surface area contributed by atoms with Gasteiger partial charge in [0.2, 0.25) is 0 Å². The third kappa shape index (κ3) is 4.25. The molecule has 34 heavy (non-hydrogen) atoms. The zero-order chi connectivity index (χ0) is 24.0. The van der Waals surface area contributed by atoms with Gasteiger partial charge < -0.3 is 4.98 Å². The number of hydrogen-bond donors (Lipinski definition) is 1. The molecule has 5 nitrogen and oxygen atoms in total. The van der Waals surface area contributed by atoms with E-state index < -0.39 is 11.8 Å². The SMILES string of the molecule is Cc1cccc(C2c3c(nc(SCc4ccccc4F)[nH]c3=O)N=C3CC(C)(C)CC(=O)C32)c1. The van der Waals surface area contributed by atoms with Crippen LogP contribution in [0.4, 0.5) is 10.2 Å². The maximum absolute atomic E-state index is 14.1. The predicted octanol–water partition coefficient (Wildman–Crippen LogP) is 5.73. The van der Waals surface area contributed by atoms with Crippen molar-refractivity contribution in [2.24, 2.45) is 16.3 Å². The van der Waals surface area contributed by atoms with Crippen LogP contribution in [-0.2, 0) is 10.5 Å². The van der Waals surface area contributed by atoms with Gasteiger partial charge in [0, 0.05) is 23.8 Å². The fraction of sp³-hybridized carbons (Fsp3) is 0.333. The van der Waals surface area contributed by atoms with Crippen LogP contribution in [0.5, 0.6) is 0 Å². The number of H-pyrrole nitrogens is 1. The van der Waals surface area contributed by atoms with Gasteiger partial charge in [-0.1, -0.05) is 73.6 Å². The van der Waals surface area contributed by atoms with Gasteiger partial charge in [0.05, 0.1) is 11.5 Å². The van der Waals surface area contributed by atoms with E-state index in [2.05, 4.69) is 23.8 Å². The summed E-state index contributed by atoms with van der Waals surface area (Å²) >= 11 is 1.26. The van der Waals surface area contributed by atoms with Gasteiger partial charge in [0.15, 0.2) is 11.0 Å². The van der Waals surface area contributed by atoms with Crippen LogP contribution in [0.1, 0.15) is 54.9 Å². The van der Waals surface area contributed by atoms with E-state index in [4.69, 9.17) is 4.99 Å². The lowest BCUT2D eigenvalue weighted by atomic mass is 9.64. The van der Waals surface area contributed by atoms with Crippen LogP contribution < -0.4 is 5.56 Å². The summed E-state index contributed by atoms with van der Waals surface area (Å²) in [4.78, 5) is 39.0. The van der Waals surface area contributed by atoms with E-state index in [-0.39, 0.29) is 22.6 Å². The molecule has 1 aliphatic heterocycles. The molecule has 1 fully saturated rings. The Balaban J connectivity index is 1.60. The largest absolute Gasteiger partial charge is 0.301 e. The van der Waals surface area contributed by atoms with Crippen molar-refractivity contribution in [3.05, 3.63) is 87.0 Å². The zero-order valence-corrected chi connectivity index (χ0v) is 20.2. The first kappa shape index (κ1) is 22.7. The molecule has 2 heterocycles. The molecule has 3 aromatic rings. The average molecular weight is 476 g/mol. The number of benzene rings is 2. The summed E-state index contributed by atoms with van der Waals surface area (Å²) in [6.07, 6.45) is 1.13.